The van der Waals surface area contributed by atoms with Crippen molar-refractivity contribution in [3.05, 3.63) is 64.2 Å². The van der Waals surface area contributed by atoms with Crippen molar-refractivity contribution in [2.45, 2.75) is 38.6 Å². The van der Waals surface area contributed by atoms with E-state index >= 15 is 0 Å². The third kappa shape index (κ3) is 6.57. The molecular formula is C26H33N5O4. The molecule has 35 heavy (non-hydrogen) atoms. The van der Waals surface area contributed by atoms with Crippen LogP contribution in [0.3, 0.4) is 0 Å². The van der Waals surface area contributed by atoms with E-state index in [9.17, 15) is 19.7 Å². The fraction of sp³-hybridized carbons (Fsp3) is 0.462. The number of non-ortho nitro benzene ring substituents is 1. The molecule has 2 aromatic rings. The summed E-state index contributed by atoms with van der Waals surface area (Å²) in [6.07, 6.45) is 3.51. The molecule has 0 atom stereocenters. The van der Waals surface area contributed by atoms with Gasteiger partial charge in [-0.3, -0.25) is 24.6 Å². The summed E-state index contributed by atoms with van der Waals surface area (Å²) in [4.78, 5) is 40.7. The maximum absolute atomic E-state index is 13.2. The maximum atomic E-state index is 13.2. The molecule has 2 fully saturated rings. The van der Waals surface area contributed by atoms with Gasteiger partial charge in [0.15, 0.2) is 0 Å². The van der Waals surface area contributed by atoms with Gasteiger partial charge in [-0.2, -0.15) is 0 Å². The largest absolute Gasteiger partial charge is 0.371 e. The second-order valence-electron chi connectivity index (χ2n) is 9.57. The number of nitro benzene ring substituents is 1. The van der Waals surface area contributed by atoms with Crippen molar-refractivity contribution < 1.29 is 14.5 Å². The first-order chi connectivity index (χ1) is 16.9. The van der Waals surface area contributed by atoms with Crippen molar-refractivity contribution in [2.75, 3.05) is 42.9 Å². The molecule has 0 spiro atoms. The highest BCUT2D eigenvalue weighted by Gasteiger charge is 2.27. The van der Waals surface area contributed by atoms with Crippen LogP contribution in [0.25, 0.3) is 0 Å². The van der Waals surface area contributed by atoms with Crippen LogP contribution >= 0.6 is 0 Å². The van der Waals surface area contributed by atoms with Crippen LogP contribution < -0.4 is 15.5 Å². The molecule has 0 unspecified atom stereocenters. The second kappa shape index (κ2) is 11.3. The Balaban J connectivity index is 1.34. The SMILES string of the molecule is CC1CCN(c2ccc([N+](=O)[O-])cc2C(=O)NC2CCN(CC(=O)Nc3ccccc3)CC2)CC1. The minimum atomic E-state index is -0.461. The highest BCUT2D eigenvalue weighted by Crippen LogP contribution is 2.29. The van der Waals surface area contributed by atoms with Gasteiger partial charge in [-0.15, -0.1) is 0 Å². The molecule has 0 aliphatic carbocycles. The lowest BCUT2D eigenvalue weighted by Crippen LogP contribution is -2.46. The Morgan fingerprint density at radius 2 is 1.69 bits per heavy atom. The van der Waals surface area contributed by atoms with Crippen LogP contribution in [-0.2, 0) is 4.79 Å². The number of carbonyl (C=O) groups is 2. The topological polar surface area (TPSA) is 108 Å². The molecule has 0 bridgehead atoms. The van der Waals surface area contributed by atoms with Gasteiger partial charge < -0.3 is 15.5 Å². The summed E-state index contributed by atoms with van der Waals surface area (Å²) in [7, 11) is 0. The molecule has 4 rings (SSSR count). The number of nitro groups is 1. The molecule has 2 aliphatic rings. The lowest BCUT2D eigenvalue weighted by atomic mass is 9.97. The predicted octanol–water partition coefficient (Wildman–Crippen LogP) is 3.66. The number of rotatable bonds is 7. The molecular weight excluding hydrogens is 446 g/mol. The molecule has 9 nitrogen and oxygen atoms in total. The zero-order valence-electron chi connectivity index (χ0n) is 20.1. The van der Waals surface area contributed by atoms with Crippen LogP contribution in [0.15, 0.2) is 48.5 Å². The normalized spacial score (nSPS) is 17.7. The monoisotopic (exact) mass is 479 g/mol. The Morgan fingerprint density at radius 3 is 2.34 bits per heavy atom. The number of nitrogens with one attached hydrogen (secondary N) is 2. The quantitative estimate of drug-likeness (QED) is 0.464. The number of carbonyl (C=O) groups excluding carboxylic acids is 2. The van der Waals surface area contributed by atoms with Gasteiger partial charge in [0.2, 0.25) is 5.91 Å². The molecule has 2 saturated heterocycles. The fourth-order valence-corrected chi connectivity index (χ4v) is 4.77. The average molecular weight is 480 g/mol. The number of piperidine rings is 2. The number of para-hydroxylation sites is 1. The molecule has 2 aliphatic heterocycles. The van der Waals surface area contributed by atoms with E-state index in [4.69, 9.17) is 0 Å². The maximum Gasteiger partial charge on any atom is 0.270 e. The molecule has 0 aromatic heterocycles. The van der Waals surface area contributed by atoms with Crippen LogP contribution in [0.5, 0.6) is 0 Å². The number of likely N-dealkylation sites (tertiary alicyclic amines) is 1. The smallest absolute Gasteiger partial charge is 0.270 e. The van der Waals surface area contributed by atoms with Crippen LogP contribution in [0.2, 0.25) is 0 Å². The van der Waals surface area contributed by atoms with E-state index in [1.54, 1.807) is 6.07 Å². The van der Waals surface area contributed by atoms with Gasteiger partial charge in [-0.05, 0) is 49.8 Å². The first kappa shape index (κ1) is 24.7. The van der Waals surface area contributed by atoms with Crippen LogP contribution in [0, 0.1) is 16.0 Å². The third-order valence-corrected chi connectivity index (χ3v) is 6.91. The van der Waals surface area contributed by atoms with E-state index in [1.165, 1.54) is 12.1 Å². The summed E-state index contributed by atoms with van der Waals surface area (Å²) in [6.45, 7) is 5.58. The molecule has 2 N–H and O–H groups in total. The highest BCUT2D eigenvalue weighted by molar-refractivity contribution is 6.00. The molecule has 9 heteroatoms. The molecule has 186 valence electrons. The predicted molar refractivity (Wildman–Crippen MR) is 136 cm³/mol. The Hall–Kier alpha value is -3.46. The van der Waals surface area contributed by atoms with Gasteiger partial charge in [-0.25, -0.2) is 0 Å². The minimum absolute atomic E-state index is 0.0376. The number of benzene rings is 2. The van der Waals surface area contributed by atoms with Gasteiger partial charge in [0.05, 0.1) is 22.7 Å². The summed E-state index contributed by atoms with van der Waals surface area (Å²) in [5.74, 6) is 0.305. The van der Waals surface area contributed by atoms with E-state index < -0.39 is 4.92 Å². The summed E-state index contributed by atoms with van der Waals surface area (Å²) in [5.41, 5.74) is 1.81. The van der Waals surface area contributed by atoms with Crippen molar-refractivity contribution >= 4 is 28.9 Å². The average Bonchev–Trinajstić information content (AvgIpc) is 2.86. The number of hydrogen-bond donors (Lipinski definition) is 2. The van der Waals surface area contributed by atoms with Gasteiger partial charge in [-0.1, -0.05) is 25.1 Å². The highest BCUT2D eigenvalue weighted by atomic mass is 16.6. The fourth-order valence-electron chi connectivity index (χ4n) is 4.77. The summed E-state index contributed by atoms with van der Waals surface area (Å²) < 4.78 is 0. The zero-order valence-corrected chi connectivity index (χ0v) is 20.1. The van der Waals surface area contributed by atoms with Crippen LogP contribution in [0.1, 0.15) is 43.0 Å². The number of amides is 2. The van der Waals surface area contributed by atoms with Crippen molar-refractivity contribution in [2.24, 2.45) is 5.92 Å². The third-order valence-electron chi connectivity index (χ3n) is 6.91. The Bertz CT molecular complexity index is 1040. The first-order valence-electron chi connectivity index (χ1n) is 12.3. The van der Waals surface area contributed by atoms with E-state index in [0.29, 0.717) is 31.1 Å². The molecule has 0 saturated carbocycles. The summed E-state index contributed by atoms with van der Waals surface area (Å²) in [6, 6.07) is 13.9. The zero-order chi connectivity index (χ0) is 24.8. The van der Waals surface area contributed by atoms with Crippen molar-refractivity contribution in [1.82, 2.24) is 10.2 Å². The summed E-state index contributed by atoms with van der Waals surface area (Å²) >= 11 is 0. The first-order valence-corrected chi connectivity index (χ1v) is 12.3. The number of hydrogen-bond acceptors (Lipinski definition) is 6. The van der Waals surface area contributed by atoms with Gasteiger partial charge >= 0.3 is 0 Å². The van der Waals surface area contributed by atoms with Gasteiger partial charge in [0.1, 0.15) is 0 Å². The van der Waals surface area contributed by atoms with Crippen molar-refractivity contribution in [3.8, 4) is 0 Å². The summed E-state index contributed by atoms with van der Waals surface area (Å²) in [5, 5.41) is 17.3. The van der Waals surface area contributed by atoms with E-state index in [0.717, 1.165) is 50.1 Å². The number of anilines is 2. The van der Waals surface area contributed by atoms with Gasteiger partial charge in [0, 0.05) is 50.0 Å². The lowest BCUT2D eigenvalue weighted by molar-refractivity contribution is -0.384. The van der Waals surface area contributed by atoms with E-state index in [-0.39, 0.29) is 23.5 Å². The standard InChI is InChI=1S/C26H33N5O4/c1-19-9-15-30(16-10-19)24-8-7-22(31(34)35)17-23(24)26(33)28-21-11-13-29(14-12-21)18-25(32)27-20-5-3-2-4-6-20/h2-8,17,19,21H,9-16,18H2,1H3,(H,27,32)(H,28,33). The second-order valence-corrected chi connectivity index (χ2v) is 9.57. The Labute approximate surface area is 205 Å². The van der Waals surface area contributed by atoms with Crippen LogP contribution in [0.4, 0.5) is 17.1 Å². The Morgan fingerprint density at radius 1 is 1.00 bits per heavy atom. The van der Waals surface area contributed by atoms with E-state index in [1.807, 2.05) is 30.3 Å². The lowest BCUT2D eigenvalue weighted by Gasteiger charge is -2.34. The van der Waals surface area contributed by atoms with Crippen molar-refractivity contribution in [3.63, 3.8) is 0 Å². The minimum Gasteiger partial charge on any atom is -0.371 e. The molecule has 2 heterocycles. The van der Waals surface area contributed by atoms with E-state index in [2.05, 4.69) is 27.4 Å². The molecule has 2 aromatic carbocycles. The van der Waals surface area contributed by atoms with Crippen molar-refractivity contribution in [1.29, 1.82) is 0 Å². The van der Waals surface area contributed by atoms with Crippen LogP contribution in [-0.4, -0.2) is 60.4 Å². The Kier molecular flexibility index (Phi) is 7.97. The molecule has 0 radical (unpaired) electrons. The van der Waals surface area contributed by atoms with Gasteiger partial charge in [0.25, 0.3) is 11.6 Å². The number of nitrogens with zero attached hydrogens (tertiary/aromatic N) is 3. The molecule has 2 amide bonds.